The molecule has 1 atom stereocenters. The third kappa shape index (κ3) is 3.30. The van der Waals surface area contributed by atoms with Gasteiger partial charge in [0.25, 0.3) is 0 Å². The Hall–Kier alpha value is -1.58. The fourth-order valence-electron chi connectivity index (χ4n) is 1.96. The van der Waals surface area contributed by atoms with Crippen molar-refractivity contribution < 1.29 is 9.84 Å². The van der Waals surface area contributed by atoms with Gasteiger partial charge >= 0.3 is 0 Å². The minimum absolute atomic E-state index is 0.524. The van der Waals surface area contributed by atoms with Gasteiger partial charge in [0.05, 0.1) is 18.0 Å². The summed E-state index contributed by atoms with van der Waals surface area (Å²) in [5.74, 6) is 1.37. The Bertz CT molecular complexity index is 573. The first-order chi connectivity index (χ1) is 9.51. The van der Waals surface area contributed by atoms with E-state index in [4.69, 9.17) is 16.3 Å². The van der Waals surface area contributed by atoms with Crippen molar-refractivity contribution in [3.8, 4) is 11.5 Å². The fourth-order valence-corrected chi connectivity index (χ4v) is 2.07. The lowest BCUT2D eigenvalue weighted by atomic mass is 10.1. The van der Waals surface area contributed by atoms with Crippen LogP contribution in [-0.4, -0.2) is 10.1 Å². The maximum atomic E-state index is 9.70. The molecule has 0 fully saturated rings. The van der Waals surface area contributed by atoms with Gasteiger partial charge in [0.1, 0.15) is 11.5 Å². The average molecular weight is 292 g/mol. The molecular formula is C16H18ClNO2. The SMILES string of the molecule is CC[C@@H](O)c1ccc(Oc2cc(C)c(Cl)c(C)c2)cn1. The summed E-state index contributed by atoms with van der Waals surface area (Å²) >= 11 is 6.13. The Balaban J connectivity index is 2.18. The second-order valence-corrected chi connectivity index (χ2v) is 5.19. The van der Waals surface area contributed by atoms with Crippen molar-refractivity contribution in [1.82, 2.24) is 4.98 Å². The van der Waals surface area contributed by atoms with Gasteiger partial charge in [-0.1, -0.05) is 18.5 Å². The lowest BCUT2D eigenvalue weighted by Gasteiger charge is -2.11. The normalized spacial score (nSPS) is 12.2. The highest BCUT2D eigenvalue weighted by Gasteiger charge is 2.08. The number of nitrogens with zero attached hydrogens (tertiary/aromatic N) is 1. The van der Waals surface area contributed by atoms with Crippen molar-refractivity contribution in [2.45, 2.75) is 33.3 Å². The van der Waals surface area contributed by atoms with Gasteiger partial charge in [0, 0.05) is 5.02 Å². The molecule has 0 unspecified atom stereocenters. The van der Waals surface area contributed by atoms with Gasteiger partial charge in [-0.3, -0.25) is 4.98 Å². The quantitative estimate of drug-likeness (QED) is 0.896. The summed E-state index contributed by atoms with van der Waals surface area (Å²) in [7, 11) is 0. The van der Waals surface area contributed by atoms with Crippen molar-refractivity contribution in [3.05, 3.63) is 52.3 Å². The summed E-state index contributed by atoms with van der Waals surface area (Å²) < 4.78 is 5.76. The van der Waals surface area contributed by atoms with E-state index in [9.17, 15) is 5.11 Å². The first kappa shape index (κ1) is 14.8. The van der Waals surface area contributed by atoms with Crippen LogP contribution in [0.4, 0.5) is 0 Å². The van der Waals surface area contributed by atoms with Crippen molar-refractivity contribution in [2.24, 2.45) is 0 Å². The summed E-state index contributed by atoms with van der Waals surface area (Å²) in [5, 5.41) is 10.5. The Morgan fingerprint density at radius 2 is 1.85 bits per heavy atom. The van der Waals surface area contributed by atoms with Gasteiger partial charge < -0.3 is 9.84 Å². The van der Waals surface area contributed by atoms with Crippen LogP contribution in [0, 0.1) is 13.8 Å². The number of pyridine rings is 1. The maximum Gasteiger partial charge on any atom is 0.145 e. The van der Waals surface area contributed by atoms with Gasteiger partial charge in [-0.15, -0.1) is 0 Å². The molecule has 0 aliphatic carbocycles. The van der Waals surface area contributed by atoms with Crippen molar-refractivity contribution >= 4 is 11.6 Å². The smallest absolute Gasteiger partial charge is 0.145 e. The molecule has 0 aliphatic heterocycles. The zero-order chi connectivity index (χ0) is 14.7. The number of aliphatic hydroxyl groups excluding tert-OH is 1. The van der Waals surface area contributed by atoms with Crippen LogP contribution in [0.25, 0.3) is 0 Å². The highest BCUT2D eigenvalue weighted by atomic mass is 35.5. The van der Waals surface area contributed by atoms with Crippen molar-refractivity contribution in [3.63, 3.8) is 0 Å². The molecule has 1 heterocycles. The van der Waals surface area contributed by atoms with Gasteiger partial charge in [-0.25, -0.2) is 0 Å². The van der Waals surface area contributed by atoms with E-state index in [0.29, 0.717) is 17.9 Å². The highest BCUT2D eigenvalue weighted by molar-refractivity contribution is 6.32. The Kier molecular flexibility index (Phi) is 4.63. The van der Waals surface area contributed by atoms with E-state index >= 15 is 0 Å². The number of rotatable bonds is 4. The highest BCUT2D eigenvalue weighted by Crippen LogP contribution is 2.29. The predicted octanol–water partition coefficient (Wildman–Crippen LogP) is 4.59. The monoisotopic (exact) mass is 291 g/mol. The average Bonchev–Trinajstić information content (AvgIpc) is 2.44. The van der Waals surface area contributed by atoms with Crippen LogP contribution in [0.15, 0.2) is 30.5 Å². The number of aryl methyl sites for hydroxylation is 2. The summed E-state index contributed by atoms with van der Waals surface area (Å²) in [5.41, 5.74) is 2.61. The zero-order valence-corrected chi connectivity index (χ0v) is 12.6. The number of aromatic nitrogens is 1. The van der Waals surface area contributed by atoms with E-state index in [1.807, 2.05) is 32.9 Å². The number of halogens is 1. The van der Waals surface area contributed by atoms with Gasteiger partial charge in [-0.05, 0) is 55.7 Å². The minimum atomic E-state index is -0.524. The summed E-state index contributed by atoms with van der Waals surface area (Å²) in [6.45, 7) is 5.80. The molecule has 0 aliphatic rings. The van der Waals surface area contributed by atoms with Crippen molar-refractivity contribution in [2.75, 3.05) is 0 Å². The Morgan fingerprint density at radius 3 is 2.35 bits per heavy atom. The second-order valence-electron chi connectivity index (χ2n) is 4.82. The van der Waals surface area contributed by atoms with E-state index < -0.39 is 6.10 Å². The van der Waals surface area contributed by atoms with E-state index in [1.165, 1.54) is 0 Å². The standard InChI is InChI=1S/C16H18ClNO2/c1-4-15(19)14-6-5-12(9-18-14)20-13-7-10(2)16(17)11(3)8-13/h5-9,15,19H,4H2,1-3H3/t15-/m1/s1. The second kappa shape index (κ2) is 6.25. The Morgan fingerprint density at radius 1 is 1.20 bits per heavy atom. The first-order valence-electron chi connectivity index (χ1n) is 6.60. The molecule has 3 nitrogen and oxygen atoms in total. The van der Waals surface area contributed by atoms with E-state index in [2.05, 4.69) is 4.98 Å². The van der Waals surface area contributed by atoms with E-state index in [1.54, 1.807) is 18.3 Å². The van der Waals surface area contributed by atoms with Crippen LogP contribution in [-0.2, 0) is 0 Å². The number of hydrogen-bond acceptors (Lipinski definition) is 3. The number of hydrogen-bond donors (Lipinski definition) is 1. The van der Waals surface area contributed by atoms with Crippen LogP contribution in [0.2, 0.25) is 5.02 Å². The first-order valence-corrected chi connectivity index (χ1v) is 6.97. The van der Waals surface area contributed by atoms with Gasteiger partial charge in [-0.2, -0.15) is 0 Å². The molecule has 1 aromatic heterocycles. The molecule has 106 valence electrons. The molecule has 1 N–H and O–H groups in total. The molecule has 4 heteroatoms. The van der Waals surface area contributed by atoms with Crippen molar-refractivity contribution in [1.29, 1.82) is 0 Å². The van der Waals surface area contributed by atoms with Gasteiger partial charge in [0.2, 0.25) is 0 Å². The lowest BCUT2D eigenvalue weighted by molar-refractivity contribution is 0.169. The topological polar surface area (TPSA) is 42.4 Å². The van der Waals surface area contributed by atoms with E-state index in [0.717, 1.165) is 21.9 Å². The molecule has 0 amide bonds. The number of benzene rings is 1. The number of aliphatic hydroxyl groups is 1. The molecular weight excluding hydrogens is 274 g/mol. The molecule has 0 radical (unpaired) electrons. The molecule has 2 rings (SSSR count). The number of ether oxygens (including phenoxy) is 1. The maximum absolute atomic E-state index is 9.70. The third-order valence-corrected chi connectivity index (χ3v) is 3.73. The van der Waals surface area contributed by atoms with Gasteiger partial charge in [0.15, 0.2) is 0 Å². The fraction of sp³-hybridized carbons (Fsp3) is 0.312. The van der Waals surface area contributed by atoms with Crippen LogP contribution in [0.5, 0.6) is 11.5 Å². The largest absolute Gasteiger partial charge is 0.456 e. The zero-order valence-electron chi connectivity index (χ0n) is 11.9. The summed E-state index contributed by atoms with van der Waals surface area (Å²) in [4.78, 5) is 4.21. The molecule has 0 saturated heterocycles. The molecule has 1 aromatic carbocycles. The molecule has 0 bridgehead atoms. The lowest BCUT2D eigenvalue weighted by Crippen LogP contribution is -1.98. The molecule has 20 heavy (non-hydrogen) atoms. The van der Waals surface area contributed by atoms with Crippen LogP contribution in [0.3, 0.4) is 0 Å². The summed E-state index contributed by atoms with van der Waals surface area (Å²) in [6, 6.07) is 7.37. The molecule has 0 saturated carbocycles. The van der Waals surface area contributed by atoms with Crippen LogP contribution in [0.1, 0.15) is 36.3 Å². The molecule has 0 spiro atoms. The predicted molar refractivity (Wildman–Crippen MR) is 80.5 cm³/mol. The molecule has 2 aromatic rings. The third-order valence-electron chi connectivity index (χ3n) is 3.13. The Labute approximate surface area is 124 Å². The summed E-state index contributed by atoms with van der Waals surface area (Å²) in [6.07, 6.45) is 1.74. The van der Waals surface area contributed by atoms with E-state index in [-0.39, 0.29) is 0 Å². The minimum Gasteiger partial charge on any atom is -0.456 e. The van der Waals surface area contributed by atoms with Crippen LogP contribution < -0.4 is 4.74 Å². The van der Waals surface area contributed by atoms with Crippen LogP contribution >= 0.6 is 11.6 Å².